The second-order valence-corrected chi connectivity index (χ2v) is 8.78. The van der Waals surface area contributed by atoms with Gasteiger partial charge in [-0.05, 0) is 62.6 Å². The molecule has 2 N–H and O–H groups in total. The highest BCUT2D eigenvalue weighted by atomic mass is 32.2. The van der Waals surface area contributed by atoms with Crippen molar-refractivity contribution >= 4 is 34.7 Å². The van der Waals surface area contributed by atoms with Crippen LogP contribution < -0.4 is 10.9 Å². The summed E-state index contributed by atoms with van der Waals surface area (Å²) in [6, 6.07) is 9.57. The zero-order chi connectivity index (χ0) is 21.0. The van der Waals surface area contributed by atoms with Crippen molar-refractivity contribution in [3.05, 3.63) is 68.1 Å². The second kappa shape index (κ2) is 9.07. The van der Waals surface area contributed by atoms with Crippen LogP contribution >= 0.6 is 23.1 Å². The third-order valence-corrected chi connectivity index (χ3v) is 6.53. The molecule has 0 aliphatic heterocycles. The summed E-state index contributed by atoms with van der Waals surface area (Å²) in [4.78, 5) is 32.3. The van der Waals surface area contributed by atoms with Crippen molar-refractivity contribution in [1.29, 1.82) is 5.26 Å². The maximum absolute atomic E-state index is 12.3. The number of pyridine rings is 1. The Hall–Kier alpha value is -2.89. The highest BCUT2D eigenvalue weighted by molar-refractivity contribution is 8.01. The third-order valence-electron chi connectivity index (χ3n) is 4.46. The van der Waals surface area contributed by atoms with Crippen LogP contribution in [0.2, 0.25) is 0 Å². The molecule has 0 spiro atoms. The van der Waals surface area contributed by atoms with E-state index in [9.17, 15) is 9.59 Å². The standard InChI is InChI=1S/C21H20N4O2S2/c1-12-11-28-21(23-12)29-16-6-4-15(5-7-16)25-19(26)9-8-17-13(2)18(10-22)20(27)24-14(17)3/h4-7,11H,8-9H2,1-3H3,(H,24,27)(H,25,26). The molecule has 2 heterocycles. The molecule has 1 amide bonds. The molecule has 0 aliphatic carbocycles. The highest BCUT2D eigenvalue weighted by Gasteiger charge is 2.13. The van der Waals surface area contributed by atoms with Gasteiger partial charge in [0.05, 0.1) is 0 Å². The molecule has 0 bridgehead atoms. The van der Waals surface area contributed by atoms with Gasteiger partial charge in [0, 0.05) is 33.8 Å². The molecule has 0 atom stereocenters. The number of hydrogen-bond acceptors (Lipinski definition) is 6. The van der Waals surface area contributed by atoms with Crippen molar-refractivity contribution in [2.24, 2.45) is 0 Å². The van der Waals surface area contributed by atoms with Crippen LogP contribution in [-0.4, -0.2) is 15.9 Å². The van der Waals surface area contributed by atoms with Gasteiger partial charge in [0.1, 0.15) is 11.6 Å². The van der Waals surface area contributed by atoms with Crippen molar-refractivity contribution in [2.75, 3.05) is 5.32 Å². The lowest BCUT2D eigenvalue weighted by Crippen LogP contribution is -2.18. The molecule has 0 unspecified atom stereocenters. The van der Waals surface area contributed by atoms with Gasteiger partial charge < -0.3 is 10.3 Å². The van der Waals surface area contributed by atoms with Crippen molar-refractivity contribution in [3.63, 3.8) is 0 Å². The lowest BCUT2D eigenvalue weighted by molar-refractivity contribution is -0.116. The van der Waals surface area contributed by atoms with Crippen LogP contribution in [0.15, 0.2) is 43.7 Å². The maximum atomic E-state index is 12.3. The largest absolute Gasteiger partial charge is 0.326 e. The van der Waals surface area contributed by atoms with E-state index in [0.717, 1.165) is 26.2 Å². The number of anilines is 1. The Labute approximate surface area is 177 Å². The fourth-order valence-electron chi connectivity index (χ4n) is 2.97. The molecule has 29 heavy (non-hydrogen) atoms. The number of nitrogens with one attached hydrogen (secondary N) is 2. The van der Waals surface area contributed by atoms with E-state index in [1.165, 1.54) is 0 Å². The number of amides is 1. The molecule has 0 aliphatic rings. The lowest BCUT2D eigenvalue weighted by atomic mass is 9.99. The second-order valence-electron chi connectivity index (χ2n) is 6.60. The Morgan fingerprint density at radius 1 is 1.28 bits per heavy atom. The Morgan fingerprint density at radius 3 is 2.62 bits per heavy atom. The summed E-state index contributed by atoms with van der Waals surface area (Å²) in [5.74, 6) is -0.121. The number of aromatic nitrogens is 2. The molecule has 0 fully saturated rings. The smallest absolute Gasteiger partial charge is 0.266 e. The fourth-order valence-corrected chi connectivity index (χ4v) is 4.78. The van der Waals surface area contributed by atoms with Gasteiger partial charge in [0.15, 0.2) is 4.34 Å². The number of nitrogens with zero attached hydrogens (tertiary/aromatic N) is 2. The SMILES string of the molecule is Cc1csc(Sc2ccc(NC(=O)CCc3c(C)[nH]c(=O)c(C#N)c3C)cc2)n1. The number of carbonyl (C=O) groups is 1. The van der Waals surface area contributed by atoms with Crippen LogP contribution in [0.5, 0.6) is 0 Å². The molecular weight excluding hydrogens is 404 g/mol. The number of H-pyrrole nitrogens is 1. The number of rotatable bonds is 6. The summed E-state index contributed by atoms with van der Waals surface area (Å²) in [5.41, 5.74) is 3.62. The molecule has 0 saturated heterocycles. The summed E-state index contributed by atoms with van der Waals surface area (Å²) < 4.78 is 0.989. The molecule has 1 aromatic carbocycles. The van der Waals surface area contributed by atoms with Gasteiger partial charge in [0.2, 0.25) is 5.91 Å². The molecule has 6 nitrogen and oxygen atoms in total. The van der Waals surface area contributed by atoms with Gasteiger partial charge in [-0.15, -0.1) is 11.3 Å². The number of thiazole rings is 1. The number of hydrogen-bond donors (Lipinski definition) is 2. The van der Waals surface area contributed by atoms with E-state index >= 15 is 0 Å². The van der Waals surface area contributed by atoms with Crippen molar-refractivity contribution < 1.29 is 4.79 Å². The van der Waals surface area contributed by atoms with Gasteiger partial charge in [-0.3, -0.25) is 9.59 Å². The third kappa shape index (κ3) is 5.13. The summed E-state index contributed by atoms with van der Waals surface area (Å²) in [6.45, 7) is 5.49. The predicted molar refractivity (Wildman–Crippen MR) is 116 cm³/mol. The van der Waals surface area contributed by atoms with Crippen LogP contribution in [-0.2, 0) is 11.2 Å². The number of carbonyl (C=O) groups excluding carboxylic acids is 1. The zero-order valence-corrected chi connectivity index (χ0v) is 18.0. The minimum absolute atomic E-state index is 0.106. The van der Waals surface area contributed by atoms with Crippen molar-refractivity contribution in [3.8, 4) is 6.07 Å². The molecule has 148 valence electrons. The van der Waals surface area contributed by atoms with Crippen LogP contribution in [0.25, 0.3) is 0 Å². The number of benzene rings is 1. The first-order valence-electron chi connectivity index (χ1n) is 8.99. The van der Waals surface area contributed by atoms with Crippen LogP contribution in [0.1, 0.15) is 34.5 Å². The average molecular weight is 425 g/mol. The van der Waals surface area contributed by atoms with Gasteiger partial charge in [0.25, 0.3) is 5.56 Å². The van der Waals surface area contributed by atoms with E-state index < -0.39 is 0 Å². The van der Waals surface area contributed by atoms with Crippen LogP contribution in [0.4, 0.5) is 5.69 Å². The first kappa shape index (κ1) is 20.8. The predicted octanol–water partition coefficient (Wildman–Crippen LogP) is 4.35. The molecule has 8 heteroatoms. The summed E-state index contributed by atoms with van der Waals surface area (Å²) in [7, 11) is 0. The number of aryl methyl sites for hydroxylation is 2. The summed E-state index contributed by atoms with van der Waals surface area (Å²) in [6.07, 6.45) is 0.708. The maximum Gasteiger partial charge on any atom is 0.266 e. The number of nitriles is 1. The van der Waals surface area contributed by atoms with E-state index in [1.54, 1.807) is 36.9 Å². The van der Waals surface area contributed by atoms with Crippen molar-refractivity contribution in [1.82, 2.24) is 9.97 Å². The zero-order valence-electron chi connectivity index (χ0n) is 16.3. The molecule has 0 saturated carbocycles. The normalized spacial score (nSPS) is 10.6. The van der Waals surface area contributed by atoms with Crippen LogP contribution in [0.3, 0.4) is 0 Å². The van der Waals surface area contributed by atoms with E-state index in [4.69, 9.17) is 5.26 Å². The highest BCUT2D eigenvalue weighted by Crippen LogP contribution is 2.30. The Morgan fingerprint density at radius 2 is 2.00 bits per heavy atom. The Balaban J connectivity index is 1.60. The quantitative estimate of drug-likeness (QED) is 0.613. The van der Waals surface area contributed by atoms with Gasteiger partial charge in [-0.1, -0.05) is 11.8 Å². The molecule has 3 rings (SSSR count). The summed E-state index contributed by atoms with van der Waals surface area (Å²) in [5, 5.41) is 14.1. The lowest BCUT2D eigenvalue weighted by Gasteiger charge is -2.11. The molecule has 3 aromatic rings. The Kier molecular flexibility index (Phi) is 6.52. The van der Waals surface area contributed by atoms with E-state index in [-0.39, 0.29) is 23.5 Å². The molecule has 0 radical (unpaired) electrons. The number of aromatic amines is 1. The first-order valence-corrected chi connectivity index (χ1v) is 10.7. The van der Waals surface area contributed by atoms with Gasteiger partial charge >= 0.3 is 0 Å². The van der Waals surface area contributed by atoms with Crippen molar-refractivity contribution in [2.45, 2.75) is 42.8 Å². The monoisotopic (exact) mass is 424 g/mol. The average Bonchev–Trinajstić information content (AvgIpc) is 3.08. The Bertz CT molecular complexity index is 1140. The minimum atomic E-state index is -0.387. The van der Waals surface area contributed by atoms with E-state index in [2.05, 4.69) is 15.3 Å². The van der Waals surface area contributed by atoms with Gasteiger partial charge in [-0.25, -0.2) is 4.98 Å². The minimum Gasteiger partial charge on any atom is -0.326 e. The topological polar surface area (TPSA) is 98.6 Å². The molecular formula is C21H20N4O2S2. The molecule has 2 aromatic heterocycles. The fraction of sp³-hybridized carbons (Fsp3) is 0.238. The van der Waals surface area contributed by atoms with E-state index in [0.29, 0.717) is 17.7 Å². The first-order chi connectivity index (χ1) is 13.9. The summed E-state index contributed by atoms with van der Waals surface area (Å²) >= 11 is 3.20. The van der Waals surface area contributed by atoms with Crippen LogP contribution in [0, 0.1) is 32.1 Å². The van der Waals surface area contributed by atoms with E-state index in [1.807, 2.05) is 42.6 Å². The van der Waals surface area contributed by atoms with Gasteiger partial charge in [-0.2, -0.15) is 5.26 Å².